The van der Waals surface area contributed by atoms with Crippen molar-refractivity contribution < 1.29 is 18.7 Å². The normalized spacial score (nSPS) is 10.4. The highest BCUT2D eigenvalue weighted by atomic mass is 16.5. The topological polar surface area (TPSA) is 85.6 Å². The summed E-state index contributed by atoms with van der Waals surface area (Å²) in [5.74, 6) is -1.18. The van der Waals surface area contributed by atoms with E-state index >= 15 is 0 Å². The molecule has 0 aliphatic carbocycles. The minimum absolute atomic E-state index is 0.170. The van der Waals surface area contributed by atoms with E-state index in [9.17, 15) is 14.4 Å². The van der Waals surface area contributed by atoms with Crippen molar-refractivity contribution in [3.63, 3.8) is 0 Å². The Morgan fingerprint density at radius 1 is 1.04 bits per heavy atom. The third-order valence-electron chi connectivity index (χ3n) is 3.41. The van der Waals surface area contributed by atoms with Gasteiger partial charge < -0.3 is 14.5 Å². The molecule has 0 saturated carbocycles. The number of ether oxygens (including phenoxy) is 1. The number of amides is 1. The highest BCUT2D eigenvalue weighted by molar-refractivity contribution is 6.05. The molecule has 24 heavy (non-hydrogen) atoms. The molecule has 2 aromatic carbocycles. The number of anilines is 1. The van der Waals surface area contributed by atoms with Crippen molar-refractivity contribution >= 4 is 28.5 Å². The van der Waals surface area contributed by atoms with Crippen molar-refractivity contribution in [2.24, 2.45) is 0 Å². The average Bonchev–Trinajstić information content (AvgIpc) is 2.62. The van der Waals surface area contributed by atoms with Crippen LogP contribution < -0.4 is 10.7 Å². The first-order chi connectivity index (χ1) is 11.6. The van der Waals surface area contributed by atoms with Crippen molar-refractivity contribution in [1.82, 2.24) is 0 Å². The van der Waals surface area contributed by atoms with Crippen LogP contribution in [0.15, 0.2) is 63.8 Å². The van der Waals surface area contributed by atoms with Gasteiger partial charge in [0.25, 0.3) is 5.91 Å². The molecule has 6 nitrogen and oxygen atoms in total. The fourth-order valence-corrected chi connectivity index (χ4v) is 2.23. The molecular formula is C18H13NO5. The van der Waals surface area contributed by atoms with Crippen LogP contribution in [-0.2, 0) is 4.74 Å². The molecule has 3 rings (SSSR count). The Bertz CT molecular complexity index is 976. The van der Waals surface area contributed by atoms with Gasteiger partial charge in [0.2, 0.25) is 5.76 Å². The number of benzene rings is 2. The van der Waals surface area contributed by atoms with Gasteiger partial charge in [0, 0.05) is 17.3 Å². The molecule has 0 radical (unpaired) electrons. The molecule has 120 valence electrons. The highest BCUT2D eigenvalue weighted by Crippen LogP contribution is 2.18. The third-order valence-corrected chi connectivity index (χ3v) is 3.41. The van der Waals surface area contributed by atoms with Crippen LogP contribution in [-0.4, -0.2) is 19.0 Å². The quantitative estimate of drug-likeness (QED) is 0.749. The lowest BCUT2D eigenvalue weighted by Gasteiger charge is -2.07. The van der Waals surface area contributed by atoms with E-state index in [1.165, 1.54) is 19.2 Å². The molecule has 1 N–H and O–H groups in total. The Labute approximate surface area is 136 Å². The number of hydrogen-bond donors (Lipinski definition) is 1. The monoisotopic (exact) mass is 323 g/mol. The van der Waals surface area contributed by atoms with Crippen LogP contribution in [0.1, 0.15) is 20.9 Å². The first kappa shape index (κ1) is 15.5. The molecule has 0 unspecified atom stereocenters. The zero-order valence-corrected chi connectivity index (χ0v) is 12.7. The zero-order chi connectivity index (χ0) is 17.1. The second kappa shape index (κ2) is 6.37. The number of fused-ring (bicyclic) bond motifs is 1. The summed E-state index contributed by atoms with van der Waals surface area (Å²) in [5, 5.41) is 2.97. The second-order valence-corrected chi connectivity index (χ2v) is 5.00. The molecule has 0 spiro atoms. The van der Waals surface area contributed by atoms with Gasteiger partial charge in [-0.15, -0.1) is 0 Å². The Morgan fingerprint density at radius 2 is 1.79 bits per heavy atom. The summed E-state index contributed by atoms with van der Waals surface area (Å²) >= 11 is 0. The van der Waals surface area contributed by atoms with Crippen molar-refractivity contribution in [3.8, 4) is 0 Å². The van der Waals surface area contributed by atoms with Gasteiger partial charge in [-0.25, -0.2) is 4.79 Å². The largest absolute Gasteiger partial charge is 0.463 e. The van der Waals surface area contributed by atoms with E-state index in [1.807, 2.05) is 6.07 Å². The van der Waals surface area contributed by atoms with Crippen LogP contribution in [0.25, 0.3) is 11.0 Å². The number of methoxy groups -OCH3 is 1. The summed E-state index contributed by atoms with van der Waals surface area (Å²) in [6.45, 7) is 0. The van der Waals surface area contributed by atoms with Crippen molar-refractivity contribution in [1.29, 1.82) is 0 Å². The number of esters is 1. The lowest BCUT2D eigenvalue weighted by atomic mass is 10.1. The van der Waals surface area contributed by atoms with E-state index in [2.05, 4.69) is 10.1 Å². The molecule has 0 aliphatic heterocycles. The minimum Gasteiger partial charge on any atom is -0.463 e. The number of carbonyl (C=O) groups excluding carboxylic acids is 2. The van der Waals surface area contributed by atoms with Crippen LogP contribution in [0.2, 0.25) is 0 Å². The van der Waals surface area contributed by atoms with Crippen molar-refractivity contribution in [2.75, 3.05) is 12.4 Å². The number of nitrogens with one attached hydrogen (secondary N) is 1. The molecule has 3 aromatic rings. The Kier molecular flexibility index (Phi) is 4.11. The number of hydrogen-bond acceptors (Lipinski definition) is 5. The van der Waals surface area contributed by atoms with E-state index in [0.29, 0.717) is 11.3 Å². The van der Waals surface area contributed by atoms with E-state index in [0.717, 1.165) is 6.07 Å². The van der Waals surface area contributed by atoms with Gasteiger partial charge in [-0.05, 0) is 30.3 Å². The Hall–Kier alpha value is -3.41. The first-order valence-corrected chi connectivity index (χ1v) is 7.11. The van der Waals surface area contributed by atoms with Gasteiger partial charge in [-0.2, -0.15) is 0 Å². The van der Waals surface area contributed by atoms with Gasteiger partial charge in [0.1, 0.15) is 5.58 Å². The van der Waals surface area contributed by atoms with Crippen LogP contribution >= 0.6 is 0 Å². The molecule has 0 saturated heterocycles. The highest BCUT2D eigenvalue weighted by Gasteiger charge is 2.13. The van der Waals surface area contributed by atoms with Crippen LogP contribution in [0.4, 0.5) is 5.69 Å². The fraction of sp³-hybridized carbons (Fsp3) is 0.0556. The van der Waals surface area contributed by atoms with Gasteiger partial charge in [0.15, 0.2) is 5.43 Å². The van der Waals surface area contributed by atoms with E-state index in [4.69, 9.17) is 4.42 Å². The van der Waals surface area contributed by atoms with E-state index in [-0.39, 0.29) is 22.6 Å². The van der Waals surface area contributed by atoms with Crippen LogP contribution in [0.3, 0.4) is 0 Å². The first-order valence-electron chi connectivity index (χ1n) is 7.11. The average molecular weight is 323 g/mol. The summed E-state index contributed by atoms with van der Waals surface area (Å²) in [6, 6.07) is 14.4. The number of carbonyl (C=O) groups is 2. The molecular weight excluding hydrogens is 310 g/mol. The molecule has 0 fully saturated rings. The van der Waals surface area contributed by atoms with Crippen molar-refractivity contribution in [3.05, 3.63) is 76.1 Å². The van der Waals surface area contributed by atoms with E-state index < -0.39 is 11.4 Å². The summed E-state index contributed by atoms with van der Waals surface area (Å²) in [6.07, 6.45) is 0. The minimum atomic E-state index is -0.726. The third kappa shape index (κ3) is 3.03. The Balaban J connectivity index is 1.94. The lowest BCUT2D eigenvalue weighted by molar-refractivity contribution is 0.0565. The molecule has 0 bridgehead atoms. The second-order valence-electron chi connectivity index (χ2n) is 5.00. The summed E-state index contributed by atoms with van der Waals surface area (Å²) in [4.78, 5) is 35.8. The molecule has 0 aliphatic rings. The zero-order valence-electron chi connectivity index (χ0n) is 12.7. The Morgan fingerprint density at radius 3 is 2.50 bits per heavy atom. The molecule has 1 aromatic heterocycles. The lowest BCUT2D eigenvalue weighted by Crippen LogP contribution is -2.12. The molecule has 1 heterocycles. The maximum absolute atomic E-state index is 12.1. The molecule has 1 amide bonds. The van der Waals surface area contributed by atoms with E-state index in [1.54, 1.807) is 30.3 Å². The molecule has 6 heteroatoms. The SMILES string of the molecule is COC(=O)c1cc(=O)c2cc(NC(=O)c3ccccc3)ccc2o1. The predicted molar refractivity (Wildman–Crippen MR) is 88.2 cm³/mol. The summed E-state index contributed by atoms with van der Waals surface area (Å²) in [7, 11) is 1.20. The summed E-state index contributed by atoms with van der Waals surface area (Å²) < 4.78 is 9.89. The maximum atomic E-state index is 12.1. The van der Waals surface area contributed by atoms with Crippen molar-refractivity contribution in [2.45, 2.75) is 0 Å². The standard InChI is InChI=1S/C18H13NO5/c1-23-18(22)16-10-14(20)13-9-12(7-8-15(13)24-16)19-17(21)11-5-3-2-4-6-11/h2-10H,1H3,(H,19,21). The number of rotatable bonds is 3. The molecule has 0 atom stereocenters. The maximum Gasteiger partial charge on any atom is 0.374 e. The summed E-state index contributed by atoms with van der Waals surface area (Å²) in [5.41, 5.74) is 0.799. The van der Waals surface area contributed by atoms with Crippen LogP contribution in [0.5, 0.6) is 0 Å². The van der Waals surface area contributed by atoms with Gasteiger partial charge >= 0.3 is 5.97 Å². The smallest absolute Gasteiger partial charge is 0.374 e. The predicted octanol–water partition coefficient (Wildman–Crippen LogP) is 2.83. The van der Waals surface area contributed by atoms with Gasteiger partial charge in [-0.3, -0.25) is 9.59 Å². The van der Waals surface area contributed by atoms with Crippen LogP contribution in [0, 0.1) is 0 Å². The fourth-order valence-electron chi connectivity index (χ4n) is 2.23. The van der Waals surface area contributed by atoms with Gasteiger partial charge in [-0.1, -0.05) is 18.2 Å². The van der Waals surface area contributed by atoms with Gasteiger partial charge in [0.05, 0.1) is 12.5 Å².